The van der Waals surface area contributed by atoms with Crippen molar-refractivity contribution < 1.29 is 23.9 Å². The Kier molecular flexibility index (Phi) is 7.21. The molecule has 2 heterocycles. The van der Waals surface area contributed by atoms with Gasteiger partial charge in [0.15, 0.2) is 11.5 Å². The average Bonchev–Trinajstić information content (AvgIpc) is 3.05. The monoisotopic (exact) mass is 458 g/mol. The van der Waals surface area contributed by atoms with Crippen LogP contribution in [-0.2, 0) is 9.59 Å². The largest absolute Gasteiger partial charge is 0.493 e. The van der Waals surface area contributed by atoms with Crippen molar-refractivity contribution in [3.05, 3.63) is 58.8 Å². The second-order valence-corrected chi connectivity index (χ2v) is 7.80. The van der Waals surface area contributed by atoms with E-state index in [1.165, 1.54) is 26.6 Å². The van der Waals surface area contributed by atoms with Gasteiger partial charge in [-0.2, -0.15) is 0 Å². The summed E-state index contributed by atoms with van der Waals surface area (Å²) in [5.41, 5.74) is 5.53. The number of methoxy groups -OCH3 is 2. The van der Waals surface area contributed by atoms with Crippen LogP contribution in [0.25, 0.3) is 6.08 Å². The van der Waals surface area contributed by atoms with E-state index in [0.29, 0.717) is 22.0 Å². The van der Waals surface area contributed by atoms with Gasteiger partial charge >= 0.3 is 0 Å². The molecule has 0 atom stereocenters. The molecule has 31 heavy (non-hydrogen) atoms. The van der Waals surface area contributed by atoms with Gasteiger partial charge in [0.2, 0.25) is 0 Å². The standard InChI is InChI=1S/C20H18N4O5S2/c1-28-14-6-5-12(8-15(14)29-2)9-16-19(27)24(20(30)31-16)11-17(25)22-23-18(26)13-4-3-7-21-10-13/h3-10H,11H2,1-2H3,(H,22,25)(H,23,26)/b16-9-. The first kappa shape index (κ1) is 22.2. The maximum absolute atomic E-state index is 12.7. The Morgan fingerprint density at radius 1 is 1.19 bits per heavy atom. The zero-order valence-corrected chi connectivity index (χ0v) is 18.2. The Morgan fingerprint density at radius 2 is 1.97 bits per heavy atom. The lowest BCUT2D eigenvalue weighted by Gasteiger charge is -2.14. The highest BCUT2D eigenvalue weighted by Crippen LogP contribution is 2.34. The molecule has 1 saturated heterocycles. The van der Waals surface area contributed by atoms with Gasteiger partial charge in [0.1, 0.15) is 10.9 Å². The van der Waals surface area contributed by atoms with Crippen molar-refractivity contribution in [2.75, 3.05) is 20.8 Å². The number of carbonyl (C=O) groups excluding carboxylic acids is 3. The Bertz CT molecular complexity index is 1060. The lowest BCUT2D eigenvalue weighted by molar-refractivity contribution is -0.129. The zero-order chi connectivity index (χ0) is 22.4. The van der Waals surface area contributed by atoms with Crippen molar-refractivity contribution in [2.45, 2.75) is 0 Å². The van der Waals surface area contributed by atoms with Crippen LogP contribution < -0.4 is 20.3 Å². The van der Waals surface area contributed by atoms with E-state index in [1.807, 2.05) is 0 Å². The SMILES string of the molecule is COc1ccc(/C=C2\SC(=S)N(CC(=O)NNC(=O)c3cccnc3)C2=O)cc1OC. The summed E-state index contributed by atoms with van der Waals surface area (Å²) in [6, 6.07) is 8.38. The van der Waals surface area contributed by atoms with Crippen LogP contribution in [0.2, 0.25) is 0 Å². The van der Waals surface area contributed by atoms with E-state index >= 15 is 0 Å². The smallest absolute Gasteiger partial charge is 0.271 e. The molecule has 160 valence electrons. The minimum Gasteiger partial charge on any atom is -0.493 e. The molecule has 1 aliphatic rings. The number of hydrazine groups is 1. The number of nitrogens with one attached hydrogen (secondary N) is 2. The average molecular weight is 459 g/mol. The molecule has 0 bridgehead atoms. The number of thioether (sulfide) groups is 1. The van der Waals surface area contributed by atoms with Crippen LogP contribution in [0, 0.1) is 0 Å². The quantitative estimate of drug-likeness (QED) is 0.383. The first-order valence-electron chi connectivity index (χ1n) is 8.89. The molecule has 0 spiro atoms. The number of aromatic nitrogens is 1. The highest BCUT2D eigenvalue weighted by atomic mass is 32.2. The van der Waals surface area contributed by atoms with E-state index in [9.17, 15) is 14.4 Å². The molecule has 1 fully saturated rings. The molecule has 3 amide bonds. The van der Waals surface area contributed by atoms with Gasteiger partial charge in [-0.3, -0.25) is 35.1 Å². The maximum atomic E-state index is 12.7. The van der Waals surface area contributed by atoms with Crippen LogP contribution in [-0.4, -0.2) is 52.7 Å². The minimum atomic E-state index is -0.596. The minimum absolute atomic E-state index is 0.241. The fourth-order valence-corrected chi connectivity index (χ4v) is 3.86. The number of nitrogens with zero attached hydrogens (tertiary/aromatic N) is 2. The number of ether oxygens (including phenoxy) is 2. The fourth-order valence-electron chi connectivity index (χ4n) is 2.61. The summed E-state index contributed by atoms with van der Waals surface area (Å²) >= 11 is 6.32. The molecular formula is C20H18N4O5S2. The fraction of sp³-hybridized carbons (Fsp3) is 0.150. The number of amides is 3. The Balaban J connectivity index is 1.63. The number of hydrogen-bond acceptors (Lipinski definition) is 8. The van der Waals surface area contributed by atoms with E-state index in [-0.39, 0.29) is 16.4 Å². The molecule has 11 heteroatoms. The number of pyridine rings is 1. The van der Waals surface area contributed by atoms with Crippen molar-refractivity contribution in [1.82, 2.24) is 20.7 Å². The molecule has 2 N–H and O–H groups in total. The molecule has 1 aliphatic heterocycles. The summed E-state index contributed by atoms with van der Waals surface area (Å²) in [6.45, 7) is -0.332. The molecule has 0 unspecified atom stereocenters. The highest BCUT2D eigenvalue weighted by molar-refractivity contribution is 8.26. The molecule has 9 nitrogen and oxygen atoms in total. The van der Waals surface area contributed by atoms with Crippen molar-refractivity contribution >= 4 is 52.1 Å². The molecule has 1 aromatic heterocycles. The highest BCUT2D eigenvalue weighted by Gasteiger charge is 2.33. The van der Waals surface area contributed by atoms with Crippen molar-refractivity contribution in [1.29, 1.82) is 0 Å². The van der Waals surface area contributed by atoms with E-state index in [1.54, 1.807) is 36.4 Å². The van der Waals surface area contributed by atoms with Gasteiger partial charge in [-0.25, -0.2) is 0 Å². The number of benzene rings is 1. The lowest BCUT2D eigenvalue weighted by Crippen LogP contribution is -2.47. The van der Waals surface area contributed by atoms with Gasteiger partial charge in [0, 0.05) is 12.4 Å². The first-order valence-corrected chi connectivity index (χ1v) is 10.1. The van der Waals surface area contributed by atoms with Crippen LogP contribution in [0.5, 0.6) is 11.5 Å². The van der Waals surface area contributed by atoms with Gasteiger partial charge in [0.25, 0.3) is 17.7 Å². The third-order valence-corrected chi connectivity index (χ3v) is 5.50. The molecular weight excluding hydrogens is 440 g/mol. The maximum Gasteiger partial charge on any atom is 0.271 e. The van der Waals surface area contributed by atoms with Crippen LogP contribution >= 0.6 is 24.0 Å². The number of rotatable bonds is 6. The van der Waals surface area contributed by atoms with Gasteiger partial charge in [0.05, 0.1) is 24.7 Å². The van der Waals surface area contributed by atoms with Crippen LogP contribution in [0.15, 0.2) is 47.6 Å². The first-order chi connectivity index (χ1) is 14.9. The summed E-state index contributed by atoms with van der Waals surface area (Å²) in [6.07, 6.45) is 4.55. The van der Waals surface area contributed by atoms with Crippen LogP contribution in [0.4, 0.5) is 0 Å². The van der Waals surface area contributed by atoms with Gasteiger partial charge in [-0.05, 0) is 35.9 Å². The Hall–Kier alpha value is -3.44. The summed E-state index contributed by atoms with van der Waals surface area (Å²) in [7, 11) is 3.06. The van der Waals surface area contributed by atoms with Gasteiger partial charge in [-0.1, -0.05) is 30.0 Å². The Morgan fingerprint density at radius 3 is 2.65 bits per heavy atom. The van der Waals surface area contributed by atoms with E-state index in [2.05, 4.69) is 15.8 Å². The molecule has 0 saturated carbocycles. The molecule has 0 aliphatic carbocycles. The number of thiocarbonyl (C=S) groups is 1. The number of carbonyl (C=O) groups is 3. The van der Waals surface area contributed by atoms with E-state index < -0.39 is 17.7 Å². The lowest BCUT2D eigenvalue weighted by atomic mass is 10.2. The molecule has 1 aromatic carbocycles. The van der Waals surface area contributed by atoms with Crippen molar-refractivity contribution in [3.63, 3.8) is 0 Å². The molecule has 2 aromatic rings. The summed E-state index contributed by atoms with van der Waals surface area (Å²) in [5, 5.41) is 0. The summed E-state index contributed by atoms with van der Waals surface area (Å²) in [4.78, 5) is 42.2. The second kappa shape index (κ2) is 10.0. The molecule has 3 rings (SSSR count). The van der Waals surface area contributed by atoms with Gasteiger partial charge < -0.3 is 9.47 Å². The normalized spacial score (nSPS) is 14.5. The number of hydrogen-bond donors (Lipinski definition) is 2. The second-order valence-electron chi connectivity index (χ2n) is 6.13. The summed E-state index contributed by atoms with van der Waals surface area (Å²) in [5.74, 6) is -0.438. The van der Waals surface area contributed by atoms with E-state index in [4.69, 9.17) is 21.7 Å². The van der Waals surface area contributed by atoms with Crippen LogP contribution in [0.1, 0.15) is 15.9 Å². The van der Waals surface area contributed by atoms with Crippen LogP contribution in [0.3, 0.4) is 0 Å². The molecule has 0 radical (unpaired) electrons. The topological polar surface area (TPSA) is 110 Å². The third kappa shape index (κ3) is 5.38. The zero-order valence-electron chi connectivity index (χ0n) is 16.6. The van der Waals surface area contributed by atoms with Gasteiger partial charge in [-0.15, -0.1) is 0 Å². The Labute approximate surface area is 187 Å². The summed E-state index contributed by atoms with van der Waals surface area (Å²) < 4.78 is 10.7. The predicted octanol–water partition coefficient (Wildman–Crippen LogP) is 1.76. The van der Waals surface area contributed by atoms with Crippen molar-refractivity contribution in [2.24, 2.45) is 0 Å². The van der Waals surface area contributed by atoms with Crippen molar-refractivity contribution in [3.8, 4) is 11.5 Å². The predicted molar refractivity (Wildman–Crippen MR) is 119 cm³/mol. The third-order valence-electron chi connectivity index (χ3n) is 4.12. The van der Waals surface area contributed by atoms with E-state index in [0.717, 1.165) is 16.7 Å².